The lowest BCUT2D eigenvalue weighted by Gasteiger charge is -2.23. The highest BCUT2D eigenvalue weighted by molar-refractivity contribution is 5.97. The number of hydrogen-bond acceptors (Lipinski definition) is 3. The van der Waals surface area contributed by atoms with Crippen LogP contribution in [0.15, 0.2) is 18.2 Å². The molecule has 0 aliphatic heterocycles. The first-order chi connectivity index (χ1) is 10.2. The fraction of sp³-hybridized carbons (Fsp3) is 0.588. The van der Waals surface area contributed by atoms with Gasteiger partial charge in [-0.15, -0.1) is 0 Å². The second kappa shape index (κ2) is 8.03. The smallest absolute Gasteiger partial charge is 0.251 e. The van der Waals surface area contributed by atoms with Gasteiger partial charge in [-0.1, -0.05) is 25.3 Å². The molecule has 0 spiro atoms. The van der Waals surface area contributed by atoms with E-state index in [9.17, 15) is 4.79 Å². The predicted molar refractivity (Wildman–Crippen MR) is 85.7 cm³/mol. The largest absolute Gasteiger partial charge is 0.395 e. The maximum atomic E-state index is 12.0. The van der Waals surface area contributed by atoms with Crippen LogP contribution < -0.4 is 10.6 Å². The van der Waals surface area contributed by atoms with Crippen LogP contribution >= 0.6 is 0 Å². The van der Waals surface area contributed by atoms with Crippen molar-refractivity contribution in [1.82, 2.24) is 5.32 Å². The normalized spacial score (nSPS) is 15.7. The second-order valence-corrected chi connectivity index (χ2v) is 5.84. The molecule has 2 rings (SSSR count). The van der Waals surface area contributed by atoms with E-state index in [1.54, 1.807) is 0 Å². The minimum atomic E-state index is -0.122. The highest BCUT2D eigenvalue weighted by atomic mass is 16.3. The first-order valence-corrected chi connectivity index (χ1v) is 7.95. The summed E-state index contributed by atoms with van der Waals surface area (Å²) >= 11 is 0. The van der Waals surface area contributed by atoms with E-state index in [0.717, 1.165) is 23.7 Å². The van der Waals surface area contributed by atoms with Crippen LogP contribution in [0.4, 0.5) is 5.69 Å². The molecule has 1 amide bonds. The molecule has 0 atom stereocenters. The van der Waals surface area contributed by atoms with Crippen molar-refractivity contribution in [1.29, 1.82) is 0 Å². The fourth-order valence-corrected chi connectivity index (χ4v) is 2.98. The van der Waals surface area contributed by atoms with Crippen LogP contribution in [0.2, 0.25) is 0 Å². The lowest BCUT2D eigenvalue weighted by atomic mass is 9.89. The number of rotatable bonds is 6. The number of carbonyl (C=O) groups is 1. The van der Waals surface area contributed by atoms with E-state index in [1.165, 1.54) is 32.1 Å². The Morgan fingerprint density at radius 3 is 2.76 bits per heavy atom. The molecule has 1 aromatic carbocycles. The van der Waals surface area contributed by atoms with Gasteiger partial charge in [-0.3, -0.25) is 4.79 Å². The average molecular weight is 290 g/mol. The number of hydrogen-bond donors (Lipinski definition) is 3. The average Bonchev–Trinajstić information content (AvgIpc) is 2.52. The molecule has 1 aliphatic carbocycles. The highest BCUT2D eigenvalue weighted by Crippen LogP contribution is 2.25. The van der Waals surface area contributed by atoms with Crippen molar-refractivity contribution in [2.45, 2.75) is 39.0 Å². The summed E-state index contributed by atoms with van der Waals surface area (Å²) in [5.41, 5.74) is 2.69. The maximum Gasteiger partial charge on any atom is 0.251 e. The van der Waals surface area contributed by atoms with Gasteiger partial charge in [0.25, 0.3) is 5.91 Å². The number of carbonyl (C=O) groups excluding carboxylic acids is 1. The summed E-state index contributed by atoms with van der Waals surface area (Å²) in [4.78, 5) is 12.0. The summed E-state index contributed by atoms with van der Waals surface area (Å²) < 4.78 is 0. The summed E-state index contributed by atoms with van der Waals surface area (Å²) in [7, 11) is 0. The van der Waals surface area contributed by atoms with Crippen LogP contribution in [0.3, 0.4) is 0 Å². The number of aliphatic hydroxyl groups excluding tert-OH is 1. The zero-order chi connectivity index (χ0) is 15.1. The third kappa shape index (κ3) is 4.46. The van der Waals surface area contributed by atoms with Crippen LogP contribution in [0, 0.1) is 12.8 Å². The van der Waals surface area contributed by atoms with Crippen molar-refractivity contribution >= 4 is 11.6 Å². The number of nitrogens with one attached hydrogen (secondary N) is 2. The first-order valence-electron chi connectivity index (χ1n) is 7.95. The third-order valence-corrected chi connectivity index (χ3v) is 4.28. The maximum absolute atomic E-state index is 12.0. The molecule has 21 heavy (non-hydrogen) atoms. The van der Waals surface area contributed by atoms with E-state index in [0.29, 0.717) is 5.56 Å². The molecule has 0 bridgehead atoms. The van der Waals surface area contributed by atoms with Crippen molar-refractivity contribution < 1.29 is 9.90 Å². The summed E-state index contributed by atoms with van der Waals surface area (Å²) in [6.07, 6.45) is 6.67. The monoisotopic (exact) mass is 290 g/mol. The molecule has 0 saturated heterocycles. The van der Waals surface area contributed by atoms with Crippen molar-refractivity contribution in [3.63, 3.8) is 0 Å². The fourth-order valence-electron chi connectivity index (χ4n) is 2.98. The molecule has 1 aliphatic rings. The lowest BCUT2D eigenvalue weighted by molar-refractivity contribution is 0.0944. The Labute approximate surface area is 126 Å². The number of benzene rings is 1. The lowest BCUT2D eigenvalue weighted by Crippen LogP contribution is -2.27. The molecular weight excluding hydrogens is 264 g/mol. The van der Waals surface area contributed by atoms with Crippen LogP contribution in [0.5, 0.6) is 0 Å². The zero-order valence-corrected chi connectivity index (χ0v) is 12.8. The van der Waals surface area contributed by atoms with Crippen LogP contribution in [-0.4, -0.2) is 30.7 Å². The first kappa shape index (κ1) is 15.8. The van der Waals surface area contributed by atoms with E-state index in [1.807, 2.05) is 25.1 Å². The molecule has 0 radical (unpaired) electrons. The topological polar surface area (TPSA) is 61.4 Å². The molecule has 3 N–H and O–H groups in total. The van der Waals surface area contributed by atoms with Crippen LogP contribution in [0.25, 0.3) is 0 Å². The molecule has 116 valence electrons. The summed E-state index contributed by atoms with van der Waals surface area (Å²) in [6.45, 7) is 3.21. The molecule has 1 saturated carbocycles. The minimum absolute atomic E-state index is 0.0373. The van der Waals surface area contributed by atoms with Crippen molar-refractivity contribution in [3.05, 3.63) is 29.3 Å². The van der Waals surface area contributed by atoms with Gasteiger partial charge in [-0.05, 0) is 43.4 Å². The van der Waals surface area contributed by atoms with Crippen molar-refractivity contribution in [2.75, 3.05) is 25.0 Å². The molecule has 0 unspecified atom stereocenters. The predicted octanol–water partition coefficient (Wildman–Crippen LogP) is 2.71. The third-order valence-electron chi connectivity index (χ3n) is 4.28. The molecule has 0 aromatic heterocycles. The van der Waals surface area contributed by atoms with E-state index >= 15 is 0 Å². The Bertz CT molecular complexity index is 468. The summed E-state index contributed by atoms with van der Waals surface area (Å²) in [6, 6.07) is 5.76. The SMILES string of the molecule is Cc1c(NCC2CCCCC2)cccc1C(=O)NCCO. The van der Waals surface area contributed by atoms with Gasteiger partial charge in [0.05, 0.1) is 6.61 Å². The molecule has 1 aromatic rings. The second-order valence-electron chi connectivity index (χ2n) is 5.84. The molecule has 0 heterocycles. The molecule has 4 nitrogen and oxygen atoms in total. The van der Waals surface area contributed by atoms with E-state index in [2.05, 4.69) is 10.6 Å². The van der Waals surface area contributed by atoms with Gasteiger partial charge in [0.1, 0.15) is 0 Å². The van der Waals surface area contributed by atoms with Crippen molar-refractivity contribution in [2.24, 2.45) is 5.92 Å². The Kier molecular flexibility index (Phi) is 6.05. The Balaban J connectivity index is 1.97. The Morgan fingerprint density at radius 1 is 1.29 bits per heavy atom. The van der Waals surface area contributed by atoms with Crippen molar-refractivity contribution in [3.8, 4) is 0 Å². The molecular formula is C17H26N2O2. The van der Waals surface area contributed by atoms with E-state index < -0.39 is 0 Å². The Morgan fingerprint density at radius 2 is 2.05 bits per heavy atom. The highest BCUT2D eigenvalue weighted by Gasteiger charge is 2.15. The van der Waals surface area contributed by atoms with Gasteiger partial charge < -0.3 is 15.7 Å². The molecule has 4 heteroatoms. The summed E-state index contributed by atoms with van der Waals surface area (Å²) in [5.74, 6) is 0.632. The van der Waals surface area contributed by atoms with Gasteiger partial charge in [0.2, 0.25) is 0 Å². The standard InChI is InChI=1S/C17H26N2O2/c1-13-15(17(21)18-10-11-20)8-5-9-16(13)19-12-14-6-3-2-4-7-14/h5,8-9,14,19-20H,2-4,6-7,10-12H2,1H3,(H,18,21). The van der Waals surface area contributed by atoms with Crippen LogP contribution in [0.1, 0.15) is 48.0 Å². The van der Waals surface area contributed by atoms with Gasteiger partial charge >= 0.3 is 0 Å². The van der Waals surface area contributed by atoms with Gasteiger partial charge in [-0.2, -0.15) is 0 Å². The Hall–Kier alpha value is -1.55. The number of anilines is 1. The van der Waals surface area contributed by atoms with Gasteiger partial charge in [0, 0.05) is 24.3 Å². The molecule has 1 fully saturated rings. The number of amides is 1. The van der Waals surface area contributed by atoms with Crippen LogP contribution in [-0.2, 0) is 0 Å². The van der Waals surface area contributed by atoms with E-state index in [4.69, 9.17) is 5.11 Å². The number of aliphatic hydroxyl groups is 1. The zero-order valence-electron chi connectivity index (χ0n) is 12.8. The quantitative estimate of drug-likeness (QED) is 0.755. The van der Waals surface area contributed by atoms with Gasteiger partial charge in [0.15, 0.2) is 0 Å². The minimum Gasteiger partial charge on any atom is -0.395 e. The van der Waals surface area contributed by atoms with E-state index in [-0.39, 0.29) is 19.1 Å². The summed E-state index contributed by atoms with van der Waals surface area (Å²) in [5, 5.41) is 15.0. The van der Waals surface area contributed by atoms with Gasteiger partial charge in [-0.25, -0.2) is 0 Å².